The van der Waals surface area contributed by atoms with Gasteiger partial charge in [0.25, 0.3) is 0 Å². The third-order valence-corrected chi connectivity index (χ3v) is 2.26. The second-order valence-corrected chi connectivity index (χ2v) is 3.57. The van der Waals surface area contributed by atoms with Crippen LogP contribution < -0.4 is 5.32 Å². The molecular formula is C11H12ClNO3. The van der Waals surface area contributed by atoms with Crippen molar-refractivity contribution >= 4 is 29.0 Å². The number of methoxy groups -OCH3 is 1. The van der Waals surface area contributed by atoms with Crippen LogP contribution in [-0.4, -0.2) is 24.4 Å². The molecule has 0 aliphatic heterocycles. The van der Waals surface area contributed by atoms with Crippen molar-refractivity contribution in [3.05, 3.63) is 29.8 Å². The van der Waals surface area contributed by atoms with E-state index >= 15 is 0 Å². The Hall–Kier alpha value is -1.39. The van der Waals surface area contributed by atoms with E-state index in [0.717, 1.165) is 0 Å². The monoisotopic (exact) mass is 241 g/mol. The van der Waals surface area contributed by atoms with Gasteiger partial charge in [-0.15, -0.1) is 0 Å². The van der Waals surface area contributed by atoms with Crippen LogP contribution in [0, 0.1) is 0 Å². The highest BCUT2D eigenvalue weighted by Crippen LogP contribution is 2.14. The van der Waals surface area contributed by atoms with Gasteiger partial charge >= 0.3 is 0 Å². The van der Waals surface area contributed by atoms with Crippen molar-refractivity contribution < 1.29 is 14.3 Å². The first kappa shape index (κ1) is 12.7. The Bertz CT molecular complexity index is 406. The van der Waals surface area contributed by atoms with Crippen LogP contribution in [0.2, 0.25) is 0 Å². The van der Waals surface area contributed by atoms with Crippen LogP contribution in [0.15, 0.2) is 24.3 Å². The molecule has 1 aromatic rings. The molecule has 1 amide bonds. The predicted molar refractivity (Wildman–Crippen MR) is 61.7 cm³/mol. The minimum atomic E-state index is -1.01. The molecule has 86 valence electrons. The Morgan fingerprint density at radius 1 is 1.44 bits per heavy atom. The number of rotatable bonds is 4. The summed E-state index contributed by atoms with van der Waals surface area (Å²) in [7, 11) is 1.35. The highest BCUT2D eigenvalue weighted by molar-refractivity contribution is 6.32. The number of nitrogens with one attached hydrogen (secondary N) is 1. The van der Waals surface area contributed by atoms with Gasteiger partial charge in [0.05, 0.1) is 0 Å². The number of benzene rings is 1. The summed E-state index contributed by atoms with van der Waals surface area (Å²) in [5, 5.41) is 2.58. The molecular weight excluding hydrogens is 230 g/mol. The van der Waals surface area contributed by atoms with Gasteiger partial charge in [0.15, 0.2) is 5.56 Å². The lowest BCUT2D eigenvalue weighted by molar-refractivity contribution is -0.114. The molecule has 0 spiro atoms. The van der Waals surface area contributed by atoms with Gasteiger partial charge in [-0.3, -0.25) is 9.59 Å². The normalized spacial score (nSPS) is 11.9. The van der Waals surface area contributed by atoms with Crippen LogP contribution in [0.1, 0.15) is 17.3 Å². The first-order valence-electron chi connectivity index (χ1n) is 4.63. The molecule has 1 aromatic carbocycles. The molecule has 0 saturated heterocycles. The largest absolute Gasteiger partial charge is 0.358 e. The number of alkyl halides is 1. The molecule has 5 heteroatoms. The molecule has 0 aliphatic carbocycles. The quantitative estimate of drug-likeness (QED) is 0.648. The van der Waals surface area contributed by atoms with Crippen molar-refractivity contribution in [2.45, 2.75) is 12.5 Å². The van der Waals surface area contributed by atoms with Crippen molar-refractivity contribution in [1.82, 2.24) is 0 Å². The maximum Gasteiger partial charge on any atom is 0.221 e. The molecule has 0 aromatic heterocycles. The molecule has 1 rings (SSSR count). The second-order valence-electron chi connectivity index (χ2n) is 3.18. The van der Waals surface area contributed by atoms with Gasteiger partial charge in [-0.1, -0.05) is 23.7 Å². The average molecular weight is 242 g/mol. The fourth-order valence-corrected chi connectivity index (χ4v) is 1.32. The number of Topliss-reactive ketones (excluding diaryl/α,β-unsaturated/α-hetero) is 1. The number of carbonyl (C=O) groups is 2. The standard InChI is InChI=1S/C11H12ClNO3/c1-7(14)13-9-5-3-4-8(6-9)10(15)11(12)16-2/h3-6,11H,1-2H3,(H,13,14). The SMILES string of the molecule is COC(Cl)C(=O)c1cccc(NC(C)=O)c1. The van der Waals surface area contributed by atoms with Crippen LogP contribution in [0.5, 0.6) is 0 Å². The number of carbonyl (C=O) groups excluding carboxylic acids is 2. The smallest absolute Gasteiger partial charge is 0.221 e. The number of amides is 1. The lowest BCUT2D eigenvalue weighted by atomic mass is 10.1. The molecule has 0 aliphatic rings. The summed E-state index contributed by atoms with van der Waals surface area (Å²) in [6.07, 6.45) is 0. The molecule has 1 N–H and O–H groups in total. The van der Waals surface area contributed by atoms with Crippen molar-refractivity contribution in [2.75, 3.05) is 12.4 Å². The molecule has 4 nitrogen and oxygen atoms in total. The molecule has 0 fully saturated rings. The maximum absolute atomic E-state index is 11.6. The van der Waals surface area contributed by atoms with Gasteiger partial charge in [0.2, 0.25) is 11.7 Å². The van der Waals surface area contributed by atoms with Crippen molar-refractivity contribution in [3.8, 4) is 0 Å². The zero-order valence-electron chi connectivity index (χ0n) is 8.99. The highest BCUT2D eigenvalue weighted by Gasteiger charge is 2.16. The minimum absolute atomic E-state index is 0.196. The first-order valence-corrected chi connectivity index (χ1v) is 5.07. The van der Waals surface area contributed by atoms with Gasteiger partial charge in [-0.05, 0) is 12.1 Å². The van der Waals surface area contributed by atoms with E-state index in [2.05, 4.69) is 5.32 Å². The summed E-state index contributed by atoms with van der Waals surface area (Å²) >= 11 is 5.65. The predicted octanol–water partition coefficient (Wildman–Crippen LogP) is 2.04. The maximum atomic E-state index is 11.6. The molecule has 1 unspecified atom stereocenters. The van der Waals surface area contributed by atoms with Crippen molar-refractivity contribution in [1.29, 1.82) is 0 Å². The Morgan fingerprint density at radius 3 is 2.69 bits per heavy atom. The zero-order chi connectivity index (χ0) is 12.1. The van der Waals surface area contributed by atoms with Gasteiger partial charge in [0.1, 0.15) is 0 Å². The van der Waals surface area contributed by atoms with Crippen LogP contribution in [0.3, 0.4) is 0 Å². The van der Waals surface area contributed by atoms with Crippen molar-refractivity contribution in [3.63, 3.8) is 0 Å². The number of anilines is 1. The molecule has 0 radical (unpaired) electrons. The molecule has 0 heterocycles. The Labute approximate surface area is 98.5 Å². The summed E-state index contributed by atoms with van der Waals surface area (Å²) in [6, 6.07) is 6.52. The van der Waals surface area contributed by atoms with Gasteiger partial charge in [-0.25, -0.2) is 0 Å². The van der Waals surface area contributed by atoms with E-state index in [4.69, 9.17) is 16.3 Å². The van der Waals surface area contributed by atoms with E-state index < -0.39 is 5.56 Å². The lowest BCUT2D eigenvalue weighted by Gasteiger charge is -2.08. The first-order chi connectivity index (χ1) is 7.54. The Kier molecular flexibility index (Phi) is 4.46. The van der Waals surface area contributed by atoms with Crippen LogP contribution in [0.25, 0.3) is 0 Å². The topological polar surface area (TPSA) is 55.4 Å². The molecule has 1 atom stereocenters. The Balaban J connectivity index is 2.89. The van der Waals surface area contributed by atoms with Gasteiger partial charge < -0.3 is 10.1 Å². The molecule has 0 saturated carbocycles. The van der Waals surface area contributed by atoms with E-state index in [9.17, 15) is 9.59 Å². The van der Waals surface area contributed by atoms with E-state index in [-0.39, 0.29) is 11.7 Å². The number of ketones is 1. The van der Waals surface area contributed by atoms with E-state index in [1.807, 2.05) is 0 Å². The van der Waals surface area contributed by atoms with Crippen LogP contribution in [0.4, 0.5) is 5.69 Å². The number of hydrogen-bond donors (Lipinski definition) is 1. The average Bonchev–Trinajstić information content (AvgIpc) is 2.26. The number of halogens is 1. The fourth-order valence-electron chi connectivity index (χ4n) is 1.19. The van der Waals surface area contributed by atoms with Crippen molar-refractivity contribution in [2.24, 2.45) is 0 Å². The zero-order valence-corrected chi connectivity index (χ0v) is 9.75. The molecule has 16 heavy (non-hydrogen) atoms. The van der Waals surface area contributed by atoms with E-state index in [1.54, 1.807) is 24.3 Å². The van der Waals surface area contributed by atoms with Crippen LogP contribution in [-0.2, 0) is 9.53 Å². The number of ether oxygens (including phenoxy) is 1. The van der Waals surface area contributed by atoms with E-state index in [1.165, 1.54) is 14.0 Å². The number of hydrogen-bond acceptors (Lipinski definition) is 3. The van der Waals surface area contributed by atoms with E-state index in [0.29, 0.717) is 11.3 Å². The summed E-state index contributed by atoms with van der Waals surface area (Å²) in [5.41, 5.74) is -0.0565. The lowest BCUT2D eigenvalue weighted by Crippen LogP contribution is -2.16. The third kappa shape index (κ3) is 3.32. The fraction of sp³-hybridized carbons (Fsp3) is 0.273. The third-order valence-electron chi connectivity index (χ3n) is 1.88. The summed E-state index contributed by atoms with van der Waals surface area (Å²) in [5.74, 6) is -0.532. The second kappa shape index (κ2) is 5.63. The summed E-state index contributed by atoms with van der Waals surface area (Å²) < 4.78 is 4.72. The van der Waals surface area contributed by atoms with Crippen LogP contribution >= 0.6 is 11.6 Å². The van der Waals surface area contributed by atoms with Gasteiger partial charge in [0, 0.05) is 25.3 Å². The minimum Gasteiger partial charge on any atom is -0.358 e. The summed E-state index contributed by atoms with van der Waals surface area (Å²) in [4.78, 5) is 22.5. The molecule has 0 bridgehead atoms. The highest BCUT2D eigenvalue weighted by atomic mass is 35.5. The summed E-state index contributed by atoms with van der Waals surface area (Å²) in [6.45, 7) is 1.40. The van der Waals surface area contributed by atoms with Gasteiger partial charge in [-0.2, -0.15) is 0 Å². The Morgan fingerprint density at radius 2 is 2.12 bits per heavy atom.